The first-order valence-corrected chi connectivity index (χ1v) is 10.8. The Hall–Kier alpha value is -3.80. The van der Waals surface area contributed by atoms with E-state index in [-0.39, 0.29) is 5.41 Å². The van der Waals surface area contributed by atoms with Crippen LogP contribution in [0.3, 0.4) is 0 Å². The van der Waals surface area contributed by atoms with Gasteiger partial charge in [0.25, 0.3) is 0 Å². The number of hydrogen-bond donors (Lipinski definition) is 2. The molecule has 2 heterocycles. The number of imidazole rings is 1. The van der Waals surface area contributed by atoms with Gasteiger partial charge in [-0.1, -0.05) is 36.4 Å². The molecule has 0 fully saturated rings. The lowest BCUT2D eigenvalue weighted by molar-refractivity contribution is 0.620. The Bertz CT molecular complexity index is 1210. The highest BCUT2D eigenvalue weighted by atomic mass is 15.1. The van der Waals surface area contributed by atoms with Crippen LogP contribution < -0.4 is 9.80 Å². The molecule has 2 aromatic heterocycles. The fraction of sp³-hybridized carbons (Fsp3) is 0.231. The van der Waals surface area contributed by atoms with E-state index < -0.39 is 0 Å². The Balaban J connectivity index is 1.69. The highest BCUT2D eigenvalue weighted by Gasteiger charge is 2.37. The van der Waals surface area contributed by atoms with E-state index >= 15 is 0 Å². The summed E-state index contributed by atoms with van der Waals surface area (Å²) in [5.74, 6) is 0.781. The van der Waals surface area contributed by atoms with E-state index in [9.17, 15) is 0 Å². The number of H-pyrrole nitrogens is 2. The number of nitrogens with zero attached hydrogens (tertiary/aromatic N) is 4. The van der Waals surface area contributed by atoms with Crippen LogP contribution in [-0.2, 0) is 11.8 Å². The first kappa shape index (κ1) is 20.1. The van der Waals surface area contributed by atoms with E-state index in [0.29, 0.717) is 0 Å². The second-order valence-corrected chi connectivity index (χ2v) is 8.77. The van der Waals surface area contributed by atoms with Gasteiger partial charge in [-0.15, -0.1) is 0 Å². The second kappa shape index (κ2) is 7.71. The molecule has 0 unspecified atom stereocenters. The minimum atomic E-state index is -0.308. The number of aromatic amines is 2. The van der Waals surface area contributed by atoms with Crippen LogP contribution in [0.1, 0.15) is 22.4 Å². The number of aromatic nitrogens is 4. The molecule has 0 spiro atoms. The molecule has 6 heteroatoms. The average molecular weight is 425 g/mol. The molecule has 5 rings (SSSR count). The Labute approximate surface area is 188 Å². The molecule has 32 heavy (non-hydrogen) atoms. The van der Waals surface area contributed by atoms with Crippen molar-refractivity contribution < 1.29 is 0 Å². The molecule has 1 aliphatic rings. The summed E-state index contributed by atoms with van der Waals surface area (Å²) < 4.78 is 0. The van der Waals surface area contributed by atoms with Crippen LogP contribution in [0.2, 0.25) is 0 Å². The summed E-state index contributed by atoms with van der Waals surface area (Å²) in [7, 11) is 8.32. The lowest BCUT2D eigenvalue weighted by Gasteiger charge is -2.35. The van der Waals surface area contributed by atoms with Crippen LogP contribution in [0.5, 0.6) is 0 Å². The van der Waals surface area contributed by atoms with Crippen molar-refractivity contribution in [3.8, 4) is 11.5 Å². The zero-order valence-corrected chi connectivity index (χ0v) is 18.9. The Morgan fingerprint density at radius 3 is 2.12 bits per heavy atom. The van der Waals surface area contributed by atoms with Crippen molar-refractivity contribution >= 4 is 17.5 Å². The molecule has 4 aromatic rings. The summed E-state index contributed by atoms with van der Waals surface area (Å²) in [5.41, 5.74) is 7.66. The third kappa shape index (κ3) is 3.28. The van der Waals surface area contributed by atoms with Crippen LogP contribution in [0.15, 0.2) is 67.0 Å². The van der Waals surface area contributed by atoms with E-state index in [1.165, 1.54) is 22.5 Å². The van der Waals surface area contributed by atoms with Gasteiger partial charge in [-0.3, -0.25) is 5.10 Å². The highest BCUT2D eigenvalue weighted by Crippen LogP contribution is 2.44. The topological polar surface area (TPSA) is 63.8 Å². The summed E-state index contributed by atoms with van der Waals surface area (Å²) in [4.78, 5) is 11.9. The standard InChI is InChI=1S/C26H28N6/c1-31(2)20-9-5-7-18(15-20)26(19-8-6-10-21(16-19)32(3)4)12-11-22-23(17-26)29-30-24(22)25-27-13-14-28-25/h5-16H,17H2,1-4H3,(H,27,28)(H,29,30). The number of rotatable bonds is 5. The summed E-state index contributed by atoms with van der Waals surface area (Å²) in [5, 5.41) is 7.90. The molecule has 0 bridgehead atoms. The van der Waals surface area contributed by atoms with Crippen molar-refractivity contribution in [2.75, 3.05) is 38.0 Å². The van der Waals surface area contributed by atoms with Crippen molar-refractivity contribution in [2.45, 2.75) is 11.8 Å². The van der Waals surface area contributed by atoms with Gasteiger partial charge in [-0.05, 0) is 35.4 Å². The monoisotopic (exact) mass is 424 g/mol. The zero-order chi connectivity index (χ0) is 22.3. The van der Waals surface area contributed by atoms with Crippen molar-refractivity contribution in [3.05, 3.63) is 89.4 Å². The largest absolute Gasteiger partial charge is 0.378 e. The second-order valence-electron chi connectivity index (χ2n) is 8.77. The molecular formula is C26H28N6. The highest BCUT2D eigenvalue weighted by molar-refractivity contribution is 5.74. The van der Waals surface area contributed by atoms with Gasteiger partial charge in [-0.2, -0.15) is 5.10 Å². The van der Waals surface area contributed by atoms with E-state index in [1.807, 2.05) is 6.20 Å². The number of fused-ring (bicyclic) bond motifs is 1. The number of nitrogens with one attached hydrogen (secondary N) is 2. The molecule has 0 amide bonds. The Morgan fingerprint density at radius 1 is 0.906 bits per heavy atom. The molecule has 0 aliphatic heterocycles. The fourth-order valence-corrected chi connectivity index (χ4v) is 4.53. The Morgan fingerprint density at radius 2 is 1.56 bits per heavy atom. The number of benzene rings is 2. The number of allylic oxidation sites excluding steroid dienone is 1. The molecule has 0 radical (unpaired) electrons. The maximum atomic E-state index is 4.60. The molecule has 0 saturated heterocycles. The summed E-state index contributed by atoms with van der Waals surface area (Å²) in [6, 6.07) is 17.6. The van der Waals surface area contributed by atoms with Gasteiger partial charge in [0.05, 0.1) is 0 Å². The molecule has 1 aliphatic carbocycles. The molecule has 2 aromatic carbocycles. The maximum Gasteiger partial charge on any atom is 0.158 e. The zero-order valence-electron chi connectivity index (χ0n) is 18.9. The molecule has 162 valence electrons. The van der Waals surface area contributed by atoms with E-state index in [0.717, 1.165) is 29.2 Å². The lowest BCUT2D eigenvalue weighted by Crippen LogP contribution is -2.31. The van der Waals surface area contributed by atoms with Gasteiger partial charge in [0.1, 0.15) is 5.69 Å². The molecule has 2 N–H and O–H groups in total. The normalized spacial score (nSPS) is 14.2. The molecule has 0 saturated carbocycles. The molecule has 0 atom stereocenters. The predicted octanol–water partition coefficient (Wildman–Crippen LogP) is 4.49. The van der Waals surface area contributed by atoms with Crippen molar-refractivity contribution in [1.29, 1.82) is 0 Å². The molecule has 6 nitrogen and oxygen atoms in total. The minimum Gasteiger partial charge on any atom is -0.378 e. The van der Waals surface area contributed by atoms with E-state index in [4.69, 9.17) is 0 Å². The third-order valence-electron chi connectivity index (χ3n) is 6.35. The summed E-state index contributed by atoms with van der Waals surface area (Å²) in [6.45, 7) is 0. The van der Waals surface area contributed by atoms with Gasteiger partial charge in [0.2, 0.25) is 0 Å². The average Bonchev–Trinajstić information content (AvgIpc) is 3.48. The quantitative estimate of drug-likeness (QED) is 0.496. The van der Waals surface area contributed by atoms with Gasteiger partial charge in [0, 0.05) is 75.1 Å². The van der Waals surface area contributed by atoms with Gasteiger partial charge in [0.15, 0.2) is 5.82 Å². The van der Waals surface area contributed by atoms with Crippen LogP contribution in [0.4, 0.5) is 11.4 Å². The van der Waals surface area contributed by atoms with Crippen LogP contribution in [0.25, 0.3) is 17.6 Å². The first-order chi connectivity index (χ1) is 15.5. The van der Waals surface area contributed by atoms with Crippen molar-refractivity contribution in [3.63, 3.8) is 0 Å². The smallest absolute Gasteiger partial charge is 0.158 e. The van der Waals surface area contributed by atoms with Gasteiger partial charge < -0.3 is 14.8 Å². The lowest BCUT2D eigenvalue weighted by atomic mass is 9.68. The first-order valence-electron chi connectivity index (χ1n) is 10.8. The number of hydrogen-bond acceptors (Lipinski definition) is 4. The SMILES string of the molecule is CN(C)c1cccc(C2(c3cccc(N(C)C)c3)C=Cc3c(-c4ncc[nH]4)n[nH]c3C2)c1. The summed E-state index contributed by atoms with van der Waals surface area (Å²) >= 11 is 0. The van der Waals surface area contributed by atoms with E-state index in [1.54, 1.807) is 6.20 Å². The molecular weight excluding hydrogens is 396 g/mol. The third-order valence-corrected chi connectivity index (χ3v) is 6.35. The predicted molar refractivity (Wildman–Crippen MR) is 131 cm³/mol. The van der Waals surface area contributed by atoms with Gasteiger partial charge in [-0.25, -0.2) is 4.98 Å². The van der Waals surface area contributed by atoms with Crippen LogP contribution in [0, 0.1) is 0 Å². The van der Waals surface area contributed by atoms with Gasteiger partial charge >= 0.3 is 0 Å². The van der Waals surface area contributed by atoms with Crippen molar-refractivity contribution in [2.24, 2.45) is 0 Å². The fourth-order valence-electron chi connectivity index (χ4n) is 4.53. The maximum absolute atomic E-state index is 4.60. The Kier molecular flexibility index (Phi) is 4.85. The van der Waals surface area contributed by atoms with Crippen LogP contribution in [-0.4, -0.2) is 48.4 Å². The van der Waals surface area contributed by atoms with Crippen LogP contribution >= 0.6 is 0 Å². The van der Waals surface area contributed by atoms with E-state index in [2.05, 4.69) is 119 Å². The van der Waals surface area contributed by atoms with Crippen molar-refractivity contribution in [1.82, 2.24) is 20.2 Å². The summed E-state index contributed by atoms with van der Waals surface area (Å²) in [6.07, 6.45) is 8.91. The minimum absolute atomic E-state index is 0.308. The number of anilines is 2.